The van der Waals surface area contributed by atoms with Gasteiger partial charge in [-0.1, -0.05) is 15.9 Å². The first-order valence-corrected chi connectivity index (χ1v) is 4.33. The second kappa shape index (κ2) is 3.80. The highest BCUT2D eigenvalue weighted by Crippen LogP contribution is 2.37. The van der Waals surface area contributed by atoms with Gasteiger partial charge in [0.05, 0.1) is 5.56 Å². The molecule has 0 aliphatic carbocycles. The molecule has 0 radical (unpaired) electrons. The van der Waals surface area contributed by atoms with Crippen LogP contribution in [-0.4, -0.2) is 11.1 Å². The van der Waals surface area contributed by atoms with Crippen molar-refractivity contribution >= 4 is 21.9 Å². The molecule has 0 atom stereocenters. The van der Waals surface area contributed by atoms with Crippen LogP contribution in [0.15, 0.2) is 16.6 Å². The highest BCUT2D eigenvalue weighted by molar-refractivity contribution is 9.10. The molecular weight excluding hydrogens is 284 g/mol. The van der Waals surface area contributed by atoms with Crippen molar-refractivity contribution in [3.63, 3.8) is 0 Å². The van der Waals surface area contributed by atoms with Crippen molar-refractivity contribution in [1.82, 2.24) is 0 Å². The molecule has 0 saturated carbocycles. The number of rotatable bonds is 1. The van der Waals surface area contributed by atoms with E-state index in [1.165, 1.54) is 0 Å². The Labute approximate surface area is 89.6 Å². The molecule has 0 saturated heterocycles. The molecule has 0 unspecified atom stereocenters. The van der Waals surface area contributed by atoms with Gasteiger partial charge in [-0.05, 0) is 12.1 Å². The number of carbonyl (C=O) groups is 1. The topological polar surface area (TPSA) is 37.3 Å². The highest BCUT2D eigenvalue weighted by atomic mass is 79.9. The summed E-state index contributed by atoms with van der Waals surface area (Å²) in [6.45, 7) is 0. The van der Waals surface area contributed by atoms with E-state index in [4.69, 9.17) is 5.11 Å². The standard InChI is InChI=1S/C8H3BrF4O2/c9-4-2-1-3(7(14)15)6(10)5(4)8(11,12)13/h1-2H,(H,14,15). The van der Waals surface area contributed by atoms with Crippen LogP contribution in [0.3, 0.4) is 0 Å². The molecule has 0 amide bonds. The maximum Gasteiger partial charge on any atom is 0.420 e. The van der Waals surface area contributed by atoms with Gasteiger partial charge in [0, 0.05) is 4.47 Å². The zero-order valence-corrected chi connectivity index (χ0v) is 8.49. The minimum Gasteiger partial charge on any atom is -0.478 e. The number of hydrogen-bond donors (Lipinski definition) is 1. The second-order valence-electron chi connectivity index (χ2n) is 2.59. The molecule has 1 aromatic rings. The quantitative estimate of drug-likeness (QED) is 0.805. The van der Waals surface area contributed by atoms with Crippen molar-refractivity contribution in [3.8, 4) is 0 Å². The molecule has 1 aromatic carbocycles. The Morgan fingerprint density at radius 3 is 2.27 bits per heavy atom. The molecule has 0 spiro atoms. The monoisotopic (exact) mass is 286 g/mol. The predicted molar refractivity (Wildman–Crippen MR) is 46.1 cm³/mol. The summed E-state index contributed by atoms with van der Waals surface area (Å²) in [4.78, 5) is 10.4. The smallest absolute Gasteiger partial charge is 0.420 e. The van der Waals surface area contributed by atoms with Crippen LogP contribution in [-0.2, 0) is 6.18 Å². The molecule has 1 N–H and O–H groups in total. The molecule has 0 aliphatic rings. The van der Waals surface area contributed by atoms with E-state index in [0.717, 1.165) is 12.1 Å². The van der Waals surface area contributed by atoms with Crippen LogP contribution in [0.5, 0.6) is 0 Å². The number of alkyl halides is 3. The highest BCUT2D eigenvalue weighted by Gasteiger charge is 2.38. The summed E-state index contributed by atoms with van der Waals surface area (Å²) in [6, 6.07) is 1.60. The number of aromatic carboxylic acids is 1. The van der Waals surface area contributed by atoms with Gasteiger partial charge in [-0.15, -0.1) is 0 Å². The van der Waals surface area contributed by atoms with Crippen molar-refractivity contribution in [2.24, 2.45) is 0 Å². The first-order chi connectivity index (χ1) is 6.75. The van der Waals surface area contributed by atoms with E-state index in [2.05, 4.69) is 15.9 Å². The molecule has 2 nitrogen and oxygen atoms in total. The molecule has 82 valence electrons. The zero-order valence-electron chi connectivity index (χ0n) is 6.90. The lowest BCUT2D eigenvalue weighted by molar-refractivity contribution is -0.140. The number of hydrogen-bond acceptors (Lipinski definition) is 1. The Hall–Kier alpha value is -1.11. The summed E-state index contributed by atoms with van der Waals surface area (Å²) in [6.07, 6.45) is -4.94. The lowest BCUT2D eigenvalue weighted by Gasteiger charge is -2.11. The number of carboxylic acids is 1. The van der Waals surface area contributed by atoms with Crippen molar-refractivity contribution in [1.29, 1.82) is 0 Å². The molecule has 0 aromatic heterocycles. The lowest BCUT2D eigenvalue weighted by atomic mass is 10.1. The van der Waals surface area contributed by atoms with Crippen LogP contribution in [0, 0.1) is 5.82 Å². The molecule has 7 heteroatoms. The normalized spacial score (nSPS) is 11.5. The summed E-state index contributed by atoms with van der Waals surface area (Å²) in [7, 11) is 0. The van der Waals surface area contributed by atoms with Crippen LogP contribution >= 0.6 is 15.9 Å². The van der Waals surface area contributed by atoms with Gasteiger partial charge >= 0.3 is 12.1 Å². The molecule has 0 heterocycles. The predicted octanol–water partition coefficient (Wildman–Crippen LogP) is 3.31. The first-order valence-electron chi connectivity index (χ1n) is 3.53. The van der Waals surface area contributed by atoms with E-state index in [1.807, 2.05) is 0 Å². The van der Waals surface area contributed by atoms with Gasteiger partial charge < -0.3 is 5.11 Å². The zero-order chi connectivity index (χ0) is 11.8. The van der Waals surface area contributed by atoms with Gasteiger partial charge in [0.1, 0.15) is 5.56 Å². The van der Waals surface area contributed by atoms with Gasteiger partial charge in [0.25, 0.3) is 0 Å². The molecule has 0 aliphatic heterocycles. The van der Waals surface area contributed by atoms with Crippen LogP contribution in [0.2, 0.25) is 0 Å². The van der Waals surface area contributed by atoms with E-state index in [9.17, 15) is 22.4 Å². The van der Waals surface area contributed by atoms with Crippen LogP contribution < -0.4 is 0 Å². The summed E-state index contributed by atoms with van der Waals surface area (Å²) in [5.41, 5.74) is -2.62. The maximum atomic E-state index is 13.1. The second-order valence-corrected chi connectivity index (χ2v) is 3.44. The lowest BCUT2D eigenvalue weighted by Crippen LogP contribution is -2.13. The van der Waals surface area contributed by atoms with E-state index >= 15 is 0 Å². The molecule has 1 rings (SSSR count). The van der Waals surface area contributed by atoms with Crippen LogP contribution in [0.25, 0.3) is 0 Å². The van der Waals surface area contributed by atoms with E-state index in [-0.39, 0.29) is 0 Å². The molecule has 15 heavy (non-hydrogen) atoms. The maximum absolute atomic E-state index is 13.1. The van der Waals surface area contributed by atoms with Crippen molar-refractivity contribution in [2.75, 3.05) is 0 Å². The summed E-state index contributed by atoms with van der Waals surface area (Å²) in [5, 5.41) is 8.42. The third kappa shape index (κ3) is 2.28. The Bertz CT molecular complexity index is 414. The van der Waals surface area contributed by atoms with Gasteiger partial charge in [-0.2, -0.15) is 13.2 Å². The summed E-state index contributed by atoms with van der Waals surface area (Å²) < 4.78 is 49.5. The SMILES string of the molecule is O=C(O)c1ccc(Br)c(C(F)(F)F)c1F. The van der Waals surface area contributed by atoms with E-state index < -0.39 is 33.6 Å². The third-order valence-electron chi connectivity index (χ3n) is 1.60. The fraction of sp³-hybridized carbons (Fsp3) is 0.125. The average Bonchev–Trinajstić information content (AvgIpc) is 2.00. The largest absolute Gasteiger partial charge is 0.478 e. The van der Waals surface area contributed by atoms with Crippen molar-refractivity contribution in [2.45, 2.75) is 6.18 Å². The van der Waals surface area contributed by atoms with Crippen molar-refractivity contribution < 1.29 is 27.5 Å². The van der Waals surface area contributed by atoms with Crippen LogP contribution in [0.4, 0.5) is 17.6 Å². The Balaban J connectivity index is 3.51. The first kappa shape index (κ1) is 12.0. The van der Waals surface area contributed by atoms with Gasteiger partial charge in [0.2, 0.25) is 0 Å². The average molecular weight is 287 g/mol. The molecular formula is C8H3BrF4O2. The minimum atomic E-state index is -4.94. The Kier molecular flexibility index (Phi) is 3.03. The Morgan fingerprint density at radius 1 is 1.33 bits per heavy atom. The number of carboxylic acid groups (broad SMARTS) is 1. The molecule has 0 bridgehead atoms. The number of halogens is 5. The van der Waals surface area contributed by atoms with Gasteiger partial charge in [-0.3, -0.25) is 0 Å². The van der Waals surface area contributed by atoms with Crippen molar-refractivity contribution in [3.05, 3.63) is 33.5 Å². The van der Waals surface area contributed by atoms with Gasteiger partial charge in [-0.25, -0.2) is 9.18 Å². The van der Waals surface area contributed by atoms with E-state index in [0.29, 0.717) is 0 Å². The molecule has 0 fully saturated rings. The van der Waals surface area contributed by atoms with Crippen LogP contribution in [0.1, 0.15) is 15.9 Å². The Morgan fingerprint density at radius 2 is 1.87 bits per heavy atom. The minimum absolute atomic E-state index is 0.530. The van der Waals surface area contributed by atoms with E-state index in [1.54, 1.807) is 0 Å². The summed E-state index contributed by atoms with van der Waals surface area (Å²) in [5.74, 6) is -3.53. The van der Waals surface area contributed by atoms with Gasteiger partial charge in [0.15, 0.2) is 5.82 Å². The fourth-order valence-electron chi connectivity index (χ4n) is 0.978. The third-order valence-corrected chi connectivity index (χ3v) is 2.27. The summed E-state index contributed by atoms with van der Waals surface area (Å²) >= 11 is 2.51. The fourth-order valence-corrected chi connectivity index (χ4v) is 1.51. The number of benzene rings is 1.